The molecule has 2 saturated heterocycles. The van der Waals surface area contributed by atoms with E-state index in [9.17, 15) is 0 Å². The predicted octanol–water partition coefficient (Wildman–Crippen LogP) is 2.36. The largest absolute Gasteiger partial charge is 0.378 e. The number of rotatable bonds is 7. The van der Waals surface area contributed by atoms with Gasteiger partial charge in [0.05, 0.1) is 6.10 Å². The Bertz CT molecular complexity index is 445. The first-order valence-corrected chi connectivity index (χ1v) is 9.15. The summed E-state index contributed by atoms with van der Waals surface area (Å²) in [5.41, 5.74) is 1.35. The van der Waals surface area contributed by atoms with Crippen molar-refractivity contribution < 1.29 is 4.74 Å². The van der Waals surface area contributed by atoms with E-state index in [0.29, 0.717) is 12.1 Å². The summed E-state index contributed by atoms with van der Waals surface area (Å²) in [7, 11) is 2.19. The summed E-state index contributed by atoms with van der Waals surface area (Å²) in [6, 6.07) is 11.4. The van der Waals surface area contributed by atoms with E-state index < -0.39 is 0 Å². The number of para-hydroxylation sites is 1. The smallest absolute Gasteiger partial charge is 0.0599 e. The molecule has 4 heteroatoms. The summed E-state index contributed by atoms with van der Waals surface area (Å²) in [4.78, 5) is 4.87. The zero-order valence-corrected chi connectivity index (χ0v) is 14.4. The Hall–Kier alpha value is -1.10. The van der Waals surface area contributed by atoms with E-state index in [-0.39, 0.29) is 0 Å². The van der Waals surface area contributed by atoms with Crippen molar-refractivity contribution in [3.05, 3.63) is 30.3 Å². The Morgan fingerprint density at radius 3 is 2.65 bits per heavy atom. The maximum atomic E-state index is 6.01. The van der Waals surface area contributed by atoms with Gasteiger partial charge < -0.3 is 19.9 Å². The number of nitrogens with zero attached hydrogens (tertiary/aromatic N) is 2. The first kappa shape index (κ1) is 16.7. The zero-order chi connectivity index (χ0) is 15.9. The number of hydrogen-bond acceptors (Lipinski definition) is 4. The van der Waals surface area contributed by atoms with Crippen molar-refractivity contribution in [3.63, 3.8) is 0 Å². The molecular formula is C19H31N3O. The van der Waals surface area contributed by atoms with Crippen molar-refractivity contribution in [2.24, 2.45) is 0 Å². The SMILES string of the molecule is CN1CCC(OCCCN[C@@H]2CCN(c3ccccc3)C2)CC1. The Morgan fingerprint density at radius 2 is 1.87 bits per heavy atom. The van der Waals surface area contributed by atoms with Gasteiger partial charge in [0.15, 0.2) is 0 Å². The summed E-state index contributed by atoms with van der Waals surface area (Å²) in [6.07, 6.45) is 5.24. The molecule has 2 aliphatic heterocycles. The van der Waals surface area contributed by atoms with E-state index in [2.05, 4.69) is 52.5 Å². The number of hydrogen-bond donors (Lipinski definition) is 1. The third kappa shape index (κ3) is 5.20. The van der Waals surface area contributed by atoms with E-state index in [1.165, 1.54) is 38.0 Å². The molecule has 0 saturated carbocycles. The molecular weight excluding hydrogens is 286 g/mol. The molecule has 23 heavy (non-hydrogen) atoms. The minimum atomic E-state index is 0.492. The van der Waals surface area contributed by atoms with Crippen LogP contribution in [0.5, 0.6) is 0 Å². The molecule has 1 N–H and O–H groups in total. The number of likely N-dealkylation sites (tertiary alicyclic amines) is 1. The van der Waals surface area contributed by atoms with Gasteiger partial charge in [-0.05, 0) is 51.4 Å². The second-order valence-electron chi connectivity index (χ2n) is 6.95. The van der Waals surface area contributed by atoms with Crippen LogP contribution in [0.1, 0.15) is 25.7 Å². The first-order chi connectivity index (χ1) is 11.3. The summed E-state index contributed by atoms with van der Waals surface area (Å²) >= 11 is 0. The Labute approximate surface area is 140 Å². The van der Waals surface area contributed by atoms with Gasteiger partial charge in [-0.1, -0.05) is 18.2 Å². The molecule has 2 aliphatic rings. The summed E-state index contributed by atoms with van der Waals surface area (Å²) < 4.78 is 6.01. The topological polar surface area (TPSA) is 27.7 Å². The second-order valence-corrected chi connectivity index (χ2v) is 6.95. The van der Waals surface area contributed by atoms with Crippen LogP contribution in [0, 0.1) is 0 Å². The van der Waals surface area contributed by atoms with Crippen LogP contribution in [-0.4, -0.2) is 63.4 Å². The molecule has 0 radical (unpaired) electrons. The lowest BCUT2D eigenvalue weighted by Gasteiger charge is -2.28. The maximum Gasteiger partial charge on any atom is 0.0599 e. The van der Waals surface area contributed by atoms with Gasteiger partial charge in [-0.15, -0.1) is 0 Å². The van der Waals surface area contributed by atoms with Crippen LogP contribution in [0.15, 0.2) is 30.3 Å². The average molecular weight is 317 g/mol. The van der Waals surface area contributed by atoms with Crippen LogP contribution in [0.25, 0.3) is 0 Å². The predicted molar refractivity (Wildman–Crippen MR) is 96.2 cm³/mol. The summed E-state index contributed by atoms with van der Waals surface area (Å²) in [5.74, 6) is 0. The molecule has 0 unspecified atom stereocenters. The van der Waals surface area contributed by atoms with E-state index >= 15 is 0 Å². The van der Waals surface area contributed by atoms with Crippen LogP contribution in [0.4, 0.5) is 5.69 Å². The molecule has 128 valence electrons. The van der Waals surface area contributed by atoms with Gasteiger partial charge >= 0.3 is 0 Å². The molecule has 0 aromatic heterocycles. The fraction of sp³-hybridized carbons (Fsp3) is 0.684. The highest BCUT2D eigenvalue weighted by atomic mass is 16.5. The van der Waals surface area contributed by atoms with Crippen LogP contribution in [-0.2, 0) is 4.74 Å². The van der Waals surface area contributed by atoms with Gasteiger partial charge in [-0.25, -0.2) is 0 Å². The Morgan fingerprint density at radius 1 is 1.09 bits per heavy atom. The average Bonchev–Trinajstić information content (AvgIpc) is 3.06. The standard InChI is InChI=1S/C19H31N3O/c1-21-12-9-19(10-13-21)23-15-5-11-20-17-8-14-22(16-17)18-6-3-2-4-7-18/h2-4,6-7,17,19-20H,5,8-16H2,1H3/t17-/m1/s1. The minimum absolute atomic E-state index is 0.492. The molecule has 4 nitrogen and oxygen atoms in total. The minimum Gasteiger partial charge on any atom is -0.378 e. The second kappa shape index (κ2) is 8.67. The van der Waals surface area contributed by atoms with Crippen molar-refractivity contribution in [3.8, 4) is 0 Å². The highest BCUT2D eigenvalue weighted by Crippen LogP contribution is 2.19. The third-order valence-electron chi connectivity index (χ3n) is 5.08. The molecule has 2 fully saturated rings. The quantitative estimate of drug-likeness (QED) is 0.781. The van der Waals surface area contributed by atoms with Gasteiger partial charge in [-0.2, -0.15) is 0 Å². The van der Waals surface area contributed by atoms with Gasteiger partial charge in [0.2, 0.25) is 0 Å². The Balaban J connectivity index is 1.26. The molecule has 0 bridgehead atoms. The molecule has 1 aromatic carbocycles. The molecule has 0 spiro atoms. The summed E-state index contributed by atoms with van der Waals surface area (Å²) in [6.45, 7) is 6.62. The van der Waals surface area contributed by atoms with E-state index in [1.54, 1.807) is 0 Å². The Kier molecular flexibility index (Phi) is 6.31. The van der Waals surface area contributed by atoms with E-state index in [4.69, 9.17) is 4.74 Å². The molecule has 1 atom stereocenters. The first-order valence-electron chi connectivity index (χ1n) is 9.15. The van der Waals surface area contributed by atoms with Crippen molar-refractivity contribution in [1.82, 2.24) is 10.2 Å². The maximum absolute atomic E-state index is 6.01. The van der Waals surface area contributed by atoms with Gasteiger partial charge in [-0.3, -0.25) is 0 Å². The highest BCUT2D eigenvalue weighted by molar-refractivity contribution is 5.47. The van der Waals surface area contributed by atoms with Crippen LogP contribution in [0.2, 0.25) is 0 Å². The number of anilines is 1. The lowest BCUT2D eigenvalue weighted by atomic mass is 10.1. The molecule has 3 rings (SSSR count). The fourth-order valence-electron chi connectivity index (χ4n) is 3.58. The van der Waals surface area contributed by atoms with Gasteiger partial charge in [0.25, 0.3) is 0 Å². The lowest BCUT2D eigenvalue weighted by Crippen LogP contribution is -2.35. The van der Waals surface area contributed by atoms with Crippen molar-refractivity contribution in [2.75, 3.05) is 51.3 Å². The van der Waals surface area contributed by atoms with Crippen molar-refractivity contribution >= 4 is 5.69 Å². The van der Waals surface area contributed by atoms with Crippen LogP contribution in [0.3, 0.4) is 0 Å². The summed E-state index contributed by atoms with van der Waals surface area (Å²) in [5, 5.41) is 3.70. The normalized spacial score (nSPS) is 23.5. The van der Waals surface area contributed by atoms with Crippen molar-refractivity contribution in [2.45, 2.75) is 37.8 Å². The van der Waals surface area contributed by atoms with Gasteiger partial charge in [0.1, 0.15) is 0 Å². The molecule has 0 aliphatic carbocycles. The van der Waals surface area contributed by atoms with E-state index in [0.717, 1.165) is 32.7 Å². The monoisotopic (exact) mass is 317 g/mol. The van der Waals surface area contributed by atoms with Crippen molar-refractivity contribution in [1.29, 1.82) is 0 Å². The number of nitrogens with one attached hydrogen (secondary N) is 1. The van der Waals surface area contributed by atoms with E-state index in [1.807, 2.05) is 0 Å². The van der Waals surface area contributed by atoms with Gasteiger partial charge in [0, 0.05) is 44.5 Å². The van der Waals surface area contributed by atoms with Crippen LogP contribution >= 0.6 is 0 Å². The number of benzene rings is 1. The highest BCUT2D eigenvalue weighted by Gasteiger charge is 2.22. The molecule has 0 amide bonds. The third-order valence-corrected chi connectivity index (χ3v) is 5.08. The number of piperidine rings is 1. The number of ether oxygens (including phenoxy) is 1. The lowest BCUT2D eigenvalue weighted by molar-refractivity contribution is 0.0115. The van der Waals surface area contributed by atoms with Crippen LogP contribution < -0.4 is 10.2 Å². The molecule has 1 aromatic rings. The zero-order valence-electron chi connectivity index (χ0n) is 14.4. The fourth-order valence-corrected chi connectivity index (χ4v) is 3.58. The molecule has 2 heterocycles.